The Labute approximate surface area is 154 Å². The van der Waals surface area contributed by atoms with E-state index in [0.29, 0.717) is 23.3 Å². The van der Waals surface area contributed by atoms with Gasteiger partial charge in [-0.2, -0.15) is 0 Å². The third-order valence-corrected chi connectivity index (χ3v) is 5.43. The molecular weight excluding hydrogens is 355 g/mol. The summed E-state index contributed by atoms with van der Waals surface area (Å²) in [7, 11) is 0. The molecule has 1 fully saturated rings. The number of imide groups is 1. The standard InChI is InChI=1S/C19H19FN2O3S/c1-2-3-10-19(13-6-8-14(20)9-7-13)17(24)22(18(25)21-19)12-15(23)16-5-4-11-26-16/h4-9,11H,2-3,10,12H2,1H3,(H,21,25)/t19-/m0/s1. The second-order valence-electron chi connectivity index (χ2n) is 6.24. The Hall–Kier alpha value is -2.54. The van der Waals surface area contributed by atoms with Crippen LogP contribution in [-0.4, -0.2) is 29.2 Å². The lowest BCUT2D eigenvalue weighted by molar-refractivity contribution is -0.131. The second-order valence-corrected chi connectivity index (χ2v) is 7.19. The molecule has 2 heterocycles. The summed E-state index contributed by atoms with van der Waals surface area (Å²) >= 11 is 1.27. The highest BCUT2D eigenvalue weighted by molar-refractivity contribution is 7.12. The zero-order valence-electron chi connectivity index (χ0n) is 14.3. The SMILES string of the molecule is CCCC[C@@]1(c2ccc(F)cc2)NC(=O)N(CC(=O)c2cccs2)C1=O. The zero-order chi connectivity index (χ0) is 18.7. The van der Waals surface area contributed by atoms with Crippen molar-refractivity contribution in [2.75, 3.05) is 6.54 Å². The fourth-order valence-electron chi connectivity index (χ4n) is 3.11. The van der Waals surface area contributed by atoms with Gasteiger partial charge in [0, 0.05) is 0 Å². The molecule has 1 N–H and O–H groups in total. The summed E-state index contributed by atoms with van der Waals surface area (Å²) in [6.45, 7) is 1.68. The molecule has 1 aliphatic heterocycles. The first-order valence-corrected chi connectivity index (χ1v) is 9.33. The zero-order valence-corrected chi connectivity index (χ0v) is 15.1. The van der Waals surface area contributed by atoms with Gasteiger partial charge in [-0.1, -0.05) is 38.0 Å². The van der Waals surface area contributed by atoms with Gasteiger partial charge >= 0.3 is 6.03 Å². The highest BCUT2D eigenvalue weighted by Gasteiger charge is 2.52. The van der Waals surface area contributed by atoms with Crippen LogP contribution < -0.4 is 5.32 Å². The molecule has 1 saturated heterocycles. The average Bonchev–Trinajstić information content (AvgIpc) is 3.24. The van der Waals surface area contributed by atoms with Gasteiger partial charge in [0.2, 0.25) is 0 Å². The summed E-state index contributed by atoms with van der Waals surface area (Å²) in [4.78, 5) is 39.4. The molecule has 0 unspecified atom stereocenters. The smallest absolute Gasteiger partial charge is 0.319 e. The van der Waals surface area contributed by atoms with Crippen molar-refractivity contribution >= 4 is 29.1 Å². The highest BCUT2D eigenvalue weighted by atomic mass is 32.1. The van der Waals surface area contributed by atoms with E-state index < -0.39 is 23.3 Å². The number of Topliss-reactive ketones (excluding diaryl/α,β-unsaturated/α-hetero) is 1. The molecule has 5 nitrogen and oxygen atoms in total. The van der Waals surface area contributed by atoms with Gasteiger partial charge in [-0.25, -0.2) is 9.18 Å². The molecule has 1 atom stereocenters. The summed E-state index contributed by atoms with van der Waals surface area (Å²) in [6.07, 6.45) is 1.93. The van der Waals surface area contributed by atoms with Gasteiger partial charge in [-0.3, -0.25) is 14.5 Å². The Morgan fingerprint density at radius 1 is 1.23 bits per heavy atom. The summed E-state index contributed by atoms with van der Waals surface area (Å²) in [5.41, 5.74) is -0.729. The number of carbonyl (C=O) groups excluding carboxylic acids is 3. The van der Waals surface area contributed by atoms with E-state index in [2.05, 4.69) is 5.32 Å². The van der Waals surface area contributed by atoms with E-state index in [0.717, 1.165) is 11.3 Å². The number of nitrogens with zero attached hydrogens (tertiary/aromatic N) is 1. The molecule has 26 heavy (non-hydrogen) atoms. The van der Waals surface area contributed by atoms with Crippen LogP contribution in [0.25, 0.3) is 0 Å². The van der Waals surface area contributed by atoms with Crippen molar-refractivity contribution in [3.05, 3.63) is 58.0 Å². The molecule has 2 aromatic rings. The number of benzene rings is 1. The van der Waals surface area contributed by atoms with Crippen LogP contribution in [0.1, 0.15) is 41.4 Å². The largest absolute Gasteiger partial charge is 0.325 e. The normalized spacial score (nSPS) is 19.7. The number of hydrogen-bond acceptors (Lipinski definition) is 4. The molecule has 0 bridgehead atoms. The molecule has 0 aliphatic carbocycles. The van der Waals surface area contributed by atoms with Gasteiger partial charge in [0.25, 0.3) is 5.91 Å². The maximum Gasteiger partial charge on any atom is 0.325 e. The summed E-state index contributed by atoms with van der Waals surface area (Å²) in [6, 6.07) is 8.36. The number of rotatable bonds is 7. The number of carbonyl (C=O) groups is 3. The fourth-order valence-corrected chi connectivity index (χ4v) is 3.77. The molecular formula is C19H19FN2O3S. The number of urea groups is 1. The summed E-state index contributed by atoms with van der Waals surface area (Å²) in [5, 5.41) is 4.52. The average molecular weight is 374 g/mol. The van der Waals surface area contributed by atoms with Crippen molar-refractivity contribution in [1.29, 1.82) is 0 Å². The van der Waals surface area contributed by atoms with Crippen molar-refractivity contribution in [3.63, 3.8) is 0 Å². The molecule has 136 valence electrons. The van der Waals surface area contributed by atoms with Crippen LogP contribution in [0, 0.1) is 5.82 Å². The van der Waals surface area contributed by atoms with Crippen LogP contribution in [0.3, 0.4) is 0 Å². The Morgan fingerprint density at radius 3 is 2.58 bits per heavy atom. The maximum absolute atomic E-state index is 13.3. The summed E-state index contributed by atoms with van der Waals surface area (Å²) < 4.78 is 13.3. The van der Waals surface area contributed by atoms with Gasteiger partial charge in [0.15, 0.2) is 5.78 Å². The molecule has 0 saturated carbocycles. The predicted octanol–water partition coefficient (Wildman–Crippen LogP) is 3.71. The topological polar surface area (TPSA) is 66.5 Å². The van der Waals surface area contributed by atoms with Gasteiger partial charge in [-0.15, -0.1) is 11.3 Å². The first-order chi connectivity index (χ1) is 12.5. The second kappa shape index (κ2) is 7.37. The number of unbranched alkanes of at least 4 members (excludes halogenated alkanes) is 1. The molecule has 0 radical (unpaired) electrons. The first kappa shape index (κ1) is 18.3. The quantitative estimate of drug-likeness (QED) is 0.593. The number of nitrogens with one attached hydrogen (secondary N) is 1. The Balaban J connectivity index is 1.91. The first-order valence-electron chi connectivity index (χ1n) is 8.45. The van der Waals surface area contributed by atoms with Gasteiger partial charge < -0.3 is 5.32 Å². The van der Waals surface area contributed by atoms with Gasteiger partial charge in [0.1, 0.15) is 11.4 Å². The van der Waals surface area contributed by atoms with Gasteiger partial charge in [-0.05, 0) is 35.6 Å². The molecule has 3 amide bonds. The predicted molar refractivity (Wildman–Crippen MR) is 96.5 cm³/mol. The van der Waals surface area contributed by atoms with Crippen LogP contribution in [0.5, 0.6) is 0 Å². The van der Waals surface area contributed by atoms with Crippen LogP contribution in [0.15, 0.2) is 41.8 Å². The van der Waals surface area contributed by atoms with E-state index in [1.165, 1.54) is 35.6 Å². The lowest BCUT2D eigenvalue weighted by Crippen LogP contribution is -2.44. The van der Waals surface area contributed by atoms with E-state index in [-0.39, 0.29) is 12.3 Å². The number of amides is 3. The van der Waals surface area contributed by atoms with Crippen molar-refractivity contribution in [3.8, 4) is 0 Å². The summed E-state index contributed by atoms with van der Waals surface area (Å²) in [5.74, 6) is -1.16. The van der Waals surface area contributed by atoms with E-state index >= 15 is 0 Å². The third kappa shape index (κ3) is 3.26. The maximum atomic E-state index is 13.3. The van der Waals surface area contributed by atoms with Crippen molar-refractivity contribution in [2.24, 2.45) is 0 Å². The third-order valence-electron chi connectivity index (χ3n) is 4.52. The van der Waals surface area contributed by atoms with Crippen molar-refractivity contribution in [1.82, 2.24) is 10.2 Å². The van der Waals surface area contributed by atoms with Crippen molar-refractivity contribution in [2.45, 2.75) is 31.7 Å². The highest BCUT2D eigenvalue weighted by Crippen LogP contribution is 2.34. The number of halogens is 1. The Kier molecular flexibility index (Phi) is 5.18. The van der Waals surface area contributed by atoms with E-state index in [1.54, 1.807) is 17.5 Å². The fraction of sp³-hybridized carbons (Fsp3) is 0.316. The lowest BCUT2D eigenvalue weighted by Gasteiger charge is -2.27. The van der Waals surface area contributed by atoms with Crippen LogP contribution in [0.4, 0.5) is 9.18 Å². The minimum absolute atomic E-state index is 0.283. The van der Waals surface area contributed by atoms with Crippen LogP contribution in [0.2, 0.25) is 0 Å². The lowest BCUT2D eigenvalue weighted by atomic mass is 9.84. The number of ketones is 1. The number of hydrogen-bond donors (Lipinski definition) is 1. The van der Waals surface area contributed by atoms with E-state index in [9.17, 15) is 18.8 Å². The molecule has 1 aromatic heterocycles. The van der Waals surface area contributed by atoms with E-state index in [1.807, 2.05) is 6.92 Å². The molecule has 1 aliphatic rings. The molecule has 3 rings (SSSR count). The Morgan fingerprint density at radius 2 is 1.96 bits per heavy atom. The van der Waals surface area contributed by atoms with Crippen LogP contribution >= 0.6 is 11.3 Å². The Bertz CT molecular complexity index is 820. The monoisotopic (exact) mass is 374 g/mol. The minimum Gasteiger partial charge on any atom is -0.319 e. The molecule has 1 aromatic carbocycles. The minimum atomic E-state index is -1.25. The number of thiophene rings is 1. The van der Waals surface area contributed by atoms with Crippen LogP contribution in [-0.2, 0) is 10.3 Å². The molecule has 0 spiro atoms. The van der Waals surface area contributed by atoms with E-state index in [4.69, 9.17) is 0 Å². The molecule has 7 heteroatoms. The van der Waals surface area contributed by atoms with Crippen molar-refractivity contribution < 1.29 is 18.8 Å². The van der Waals surface area contributed by atoms with Gasteiger partial charge in [0.05, 0.1) is 11.4 Å².